The Balaban J connectivity index is 0.000000845. The number of hydrogen-bond acceptors (Lipinski definition) is 1. The number of hydrogen-bond donors (Lipinski definition) is 0. The number of alkyl halides is 1. The van der Waals surface area contributed by atoms with E-state index < -0.39 is 0 Å². The molecule has 0 amide bonds. The van der Waals surface area contributed by atoms with E-state index in [1.54, 1.807) is 0 Å². The fourth-order valence-electron chi connectivity index (χ4n) is 1.29. The van der Waals surface area contributed by atoms with Gasteiger partial charge >= 0.3 is 0 Å². The number of halogens is 2. The van der Waals surface area contributed by atoms with Crippen molar-refractivity contribution in [1.29, 1.82) is 0 Å². The van der Waals surface area contributed by atoms with E-state index in [1.807, 2.05) is 24.4 Å². The number of fused-ring (bicyclic) bond motifs is 1. The van der Waals surface area contributed by atoms with E-state index in [9.17, 15) is 0 Å². The molecular formula is C10H9BrClN. The van der Waals surface area contributed by atoms with Crippen LogP contribution in [0.4, 0.5) is 0 Å². The van der Waals surface area contributed by atoms with Crippen LogP contribution in [-0.4, -0.2) is 4.98 Å². The van der Waals surface area contributed by atoms with Gasteiger partial charge in [0.2, 0.25) is 0 Å². The number of nitrogens with zero attached hydrogens (tertiary/aromatic N) is 1. The highest BCUT2D eigenvalue weighted by Gasteiger charge is 1.97. The number of pyridine rings is 1. The van der Waals surface area contributed by atoms with E-state index in [2.05, 4.69) is 33.0 Å². The number of benzene rings is 1. The van der Waals surface area contributed by atoms with Gasteiger partial charge in [-0.1, -0.05) is 40.2 Å². The average Bonchev–Trinajstić information content (AvgIpc) is 2.17. The molecular weight excluding hydrogens is 249 g/mol. The van der Waals surface area contributed by atoms with Crippen molar-refractivity contribution in [1.82, 2.24) is 4.98 Å². The van der Waals surface area contributed by atoms with Gasteiger partial charge in [0.05, 0.1) is 5.69 Å². The van der Waals surface area contributed by atoms with Crippen molar-refractivity contribution in [2.24, 2.45) is 0 Å². The fourth-order valence-corrected chi connectivity index (χ4v) is 1.74. The molecule has 13 heavy (non-hydrogen) atoms. The summed E-state index contributed by atoms with van der Waals surface area (Å²) in [7, 11) is 0. The molecule has 0 unspecified atom stereocenters. The summed E-state index contributed by atoms with van der Waals surface area (Å²) < 4.78 is 0. The van der Waals surface area contributed by atoms with Gasteiger partial charge in [0.25, 0.3) is 0 Å². The summed E-state index contributed by atoms with van der Waals surface area (Å²) in [5.41, 5.74) is 1.10. The lowest BCUT2D eigenvalue weighted by Crippen LogP contribution is -1.85. The van der Waals surface area contributed by atoms with Gasteiger partial charge in [-0.3, -0.25) is 4.98 Å². The first-order valence-corrected chi connectivity index (χ1v) is 4.92. The maximum absolute atomic E-state index is 4.28. The van der Waals surface area contributed by atoms with Crippen molar-refractivity contribution in [2.75, 3.05) is 0 Å². The SMILES string of the molecule is BrCc1nccc2ccccc12.Cl. The largest absolute Gasteiger partial charge is 0.260 e. The van der Waals surface area contributed by atoms with Gasteiger partial charge in [-0.25, -0.2) is 0 Å². The van der Waals surface area contributed by atoms with E-state index >= 15 is 0 Å². The van der Waals surface area contributed by atoms with Crippen LogP contribution in [-0.2, 0) is 5.33 Å². The minimum absolute atomic E-state index is 0. The molecule has 2 rings (SSSR count). The molecule has 0 aliphatic rings. The van der Waals surface area contributed by atoms with Gasteiger partial charge < -0.3 is 0 Å². The monoisotopic (exact) mass is 257 g/mol. The molecule has 0 aliphatic heterocycles. The lowest BCUT2D eigenvalue weighted by molar-refractivity contribution is 1.22. The van der Waals surface area contributed by atoms with Crippen molar-refractivity contribution in [3.05, 3.63) is 42.2 Å². The van der Waals surface area contributed by atoms with Crippen LogP contribution >= 0.6 is 28.3 Å². The second-order valence-corrected chi connectivity index (χ2v) is 3.17. The Morgan fingerprint density at radius 2 is 1.92 bits per heavy atom. The van der Waals surface area contributed by atoms with E-state index in [-0.39, 0.29) is 12.4 Å². The fraction of sp³-hybridized carbons (Fsp3) is 0.100. The number of rotatable bonds is 1. The molecule has 1 nitrogen and oxygen atoms in total. The summed E-state index contributed by atoms with van der Waals surface area (Å²) in [4.78, 5) is 4.28. The zero-order chi connectivity index (χ0) is 8.39. The second kappa shape index (κ2) is 4.58. The third kappa shape index (κ3) is 2.01. The molecule has 0 radical (unpaired) electrons. The van der Waals surface area contributed by atoms with E-state index in [0.717, 1.165) is 11.0 Å². The van der Waals surface area contributed by atoms with Gasteiger partial charge in [-0.15, -0.1) is 12.4 Å². The molecule has 68 valence electrons. The molecule has 0 spiro atoms. The molecule has 0 N–H and O–H groups in total. The van der Waals surface area contributed by atoms with Gasteiger partial charge in [0, 0.05) is 16.9 Å². The summed E-state index contributed by atoms with van der Waals surface area (Å²) in [5.74, 6) is 0. The normalized spacial score (nSPS) is 9.62. The van der Waals surface area contributed by atoms with Crippen LogP contribution in [0.2, 0.25) is 0 Å². The molecule has 3 heteroatoms. The molecule has 0 atom stereocenters. The minimum atomic E-state index is 0. The third-order valence-electron chi connectivity index (χ3n) is 1.88. The Morgan fingerprint density at radius 3 is 2.69 bits per heavy atom. The summed E-state index contributed by atoms with van der Waals surface area (Å²) in [6.45, 7) is 0. The summed E-state index contributed by atoms with van der Waals surface area (Å²) in [5, 5.41) is 3.30. The highest BCUT2D eigenvalue weighted by Crippen LogP contribution is 2.17. The van der Waals surface area contributed by atoms with Crippen LogP contribution in [0.15, 0.2) is 36.5 Å². The van der Waals surface area contributed by atoms with Crippen molar-refractivity contribution >= 4 is 39.1 Å². The first-order valence-electron chi connectivity index (χ1n) is 3.80. The van der Waals surface area contributed by atoms with Gasteiger partial charge in [0.15, 0.2) is 0 Å². The van der Waals surface area contributed by atoms with E-state index in [4.69, 9.17) is 0 Å². The molecule has 0 saturated carbocycles. The first-order chi connectivity index (χ1) is 5.92. The molecule has 2 aromatic rings. The lowest BCUT2D eigenvalue weighted by Gasteiger charge is -2.00. The van der Waals surface area contributed by atoms with Crippen LogP contribution in [0.1, 0.15) is 5.69 Å². The Morgan fingerprint density at radius 1 is 1.15 bits per heavy atom. The first kappa shape index (κ1) is 10.5. The van der Waals surface area contributed by atoms with Crippen LogP contribution < -0.4 is 0 Å². The van der Waals surface area contributed by atoms with Crippen LogP contribution in [0.25, 0.3) is 10.8 Å². The van der Waals surface area contributed by atoms with E-state index in [0.29, 0.717) is 0 Å². The van der Waals surface area contributed by atoms with Crippen molar-refractivity contribution < 1.29 is 0 Å². The Kier molecular flexibility index (Phi) is 3.70. The Labute approximate surface area is 91.7 Å². The molecule has 1 aromatic heterocycles. The molecule has 0 fully saturated rings. The molecule has 0 aliphatic carbocycles. The molecule has 0 bridgehead atoms. The van der Waals surface area contributed by atoms with Crippen molar-refractivity contribution in [3.8, 4) is 0 Å². The highest BCUT2D eigenvalue weighted by atomic mass is 79.9. The molecule has 1 heterocycles. The predicted molar refractivity (Wildman–Crippen MR) is 61.6 cm³/mol. The summed E-state index contributed by atoms with van der Waals surface area (Å²) in [6.07, 6.45) is 1.85. The van der Waals surface area contributed by atoms with Crippen LogP contribution in [0.3, 0.4) is 0 Å². The minimum Gasteiger partial charge on any atom is -0.260 e. The quantitative estimate of drug-likeness (QED) is 0.713. The zero-order valence-corrected chi connectivity index (χ0v) is 9.31. The third-order valence-corrected chi connectivity index (χ3v) is 2.41. The summed E-state index contributed by atoms with van der Waals surface area (Å²) in [6, 6.07) is 10.3. The predicted octanol–water partition coefficient (Wildman–Crippen LogP) is 3.55. The Hall–Kier alpha value is -0.600. The van der Waals surface area contributed by atoms with Gasteiger partial charge in [-0.2, -0.15) is 0 Å². The molecule has 0 saturated heterocycles. The standard InChI is InChI=1S/C10H8BrN.ClH/c11-7-10-9-4-2-1-3-8(9)5-6-12-10;/h1-6H,7H2;1H. The highest BCUT2D eigenvalue weighted by molar-refractivity contribution is 9.08. The van der Waals surface area contributed by atoms with Crippen molar-refractivity contribution in [2.45, 2.75) is 5.33 Å². The molecule has 1 aromatic carbocycles. The topological polar surface area (TPSA) is 12.9 Å². The average molecular weight is 259 g/mol. The van der Waals surface area contributed by atoms with Gasteiger partial charge in [-0.05, 0) is 11.5 Å². The second-order valence-electron chi connectivity index (χ2n) is 2.61. The van der Waals surface area contributed by atoms with Gasteiger partial charge in [0.1, 0.15) is 0 Å². The Bertz CT molecular complexity index is 398. The maximum Gasteiger partial charge on any atom is 0.0587 e. The summed E-state index contributed by atoms with van der Waals surface area (Å²) >= 11 is 3.42. The van der Waals surface area contributed by atoms with Crippen molar-refractivity contribution in [3.63, 3.8) is 0 Å². The zero-order valence-electron chi connectivity index (χ0n) is 6.90. The number of aromatic nitrogens is 1. The van der Waals surface area contributed by atoms with Crippen LogP contribution in [0.5, 0.6) is 0 Å². The maximum atomic E-state index is 4.28. The lowest BCUT2D eigenvalue weighted by atomic mass is 10.1. The van der Waals surface area contributed by atoms with E-state index in [1.165, 1.54) is 10.8 Å². The van der Waals surface area contributed by atoms with Crippen LogP contribution in [0, 0.1) is 0 Å². The smallest absolute Gasteiger partial charge is 0.0587 e.